The number of halogens is 3. The first-order chi connectivity index (χ1) is 13.2. The zero-order chi connectivity index (χ0) is 20.4. The Kier molecular flexibility index (Phi) is 5.66. The lowest BCUT2D eigenvalue weighted by molar-refractivity contribution is -0.192. The lowest BCUT2D eigenvalue weighted by Gasteiger charge is -2.22. The van der Waals surface area contributed by atoms with Crippen LogP contribution in [0.2, 0.25) is 0 Å². The number of carboxylic acids is 1. The maximum Gasteiger partial charge on any atom is 0.490 e. The number of hydrogen-bond donors (Lipinski definition) is 1. The highest BCUT2D eigenvalue weighted by Crippen LogP contribution is 2.43. The predicted molar refractivity (Wildman–Crippen MR) is 88.2 cm³/mol. The summed E-state index contributed by atoms with van der Waals surface area (Å²) >= 11 is 0. The Bertz CT molecular complexity index is 814. The molecule has 8 nitrogen and oxygen atoms in total. The number of hydrogen-bond acceptors (Lipinski definition) is 7. The van der Waals surface area contributed by atoms with Gasteiger partial charge < -0.3 is 14.4 Å². The molecule has 28 heavy (non-hydrogen) atoms. The summed E-state index contributed by atoms with van der Waals surface area (Å²) in [6.07, 6.45) is -3.24. The summed E-state index contributed by atoms with van der Waals surface area (Å²) < 4.78 is 42.9. The molecule has 0 spiro atoms. The molecule has 2 aromatic rings. The highest BCUT2D eigenvalue weighted by Gasteiger charge is 2.55. The van der Waals surface area contributed by atoms with Gasteiger partial charge in [-0.15, -0.1) is 0 Å². The fourth-order valence-electron chi connectivity index (χ4n) is 3.48. The van der Waals surface area contributed by atoms with Gasteiger partial charge in [-0.25, -0.2) is 4.79 Å². The van der Waals surface area contributed by atoms with Gasteiger partial charge in [-0.2, -0.15) is 18.2 Å². The van der Waals surface area contributed by atoms with Gasteiger partial charge in [0, 0.05) is 31.7 Å². The largest absolute Gasteiger partial charge is 0.490 e. The SMILES string of the molecule is Cc1noc([C@]23COC[C@H]2CN(Cc2ccccn2)C3)n1.O=C(O)C(F)(F)F. The number of carbonyl (C=O) groups is 1. The van der Waals surface area contributed by atoms with Crippen molar-refractivity contribution in [3.63, 3.8) is 0 Å². The van der Waals surface area contributed by atoms with E-state index >= 15 is 0 Å². The fourth-order valence-corrected chi connectivity index (χ4v) is 3.48. The second-order valence-corrected chi connectivity index (χ2v) is 6.81. The van der Waals surface area contributed by atoms with Crippen molar-refractivity contribution >= 4 is 5.97 Å². The van der Waals surface area contributed by atoms with Crippen molar-refractivity contribution < 1.29 is 32.3 Å². The molecule has 4 rings (SSSR count). The molecule has 2 aromatic heterocycles. The zero-order valence-corrected chi connectivity index (χ0v) is 15.0. The normalized spacial score (nSPS) is 24.5. The fraction of sp³-hybridized carbons (Fsp3) is 0.529. The molecular formula is C17H19F3N4O4. The Hall–Kier alpha value is -2.53. The number of alkyl halides is 3. The van der Waals surface area contributed by atoms with Gasteiger partial charge in [-0.05, 0) is 19.1 Å². The van der Waals surface area contributed by atoms with Crippen molar-refractivity contribution in [2.45, 2.75) is 25.1 Å². The molecule has 152 valence electrons. The summed E-state index contributed by atoms with van der Waals surface area (Å²) in [7, 11) is 0. The van der Waals surface area contributed by atoms with Crippen LogP contribution in [-0.4, -0.2) is 63.6 Å². The number of ether oxygens (including phenoxy) is 1. The maximum atomic E-state index is 10.6. The van der Waals surface area contributed by atoms with E-state index in [1.54, 1.807) is 0 Å². The van der Waals surface area contributed by atoms with Crippen LogP contribution in [0.25, 0.3) is 0 Å². The van der Waals surface area contributed by atoms with E-state index in [2.05, 4.69) is 26.1 Å². The number of pyridine rings is 1. The summed E-state index contributed by atoms with van der Waals surface area (Å²) in [6.45, 7) is 6.01. The van der Waals surface area contributed by atoms with Crippen LogP contribution in [0, 0.1) is 12.8 Å². The van der Waals surface area contributed by atoms with E-state index in [4.69, 9.17) is 19.2 Å². The Labute approximate surface area is 158 Å². The zero-order valence-electron chi connectivity index (χ0n) is 15.0. The molecule has 2 atom stereocenters. The van der Waals surface area contributed by atoms with Gasteiger partial charge in [0.15, 0.2) is 5.82 Å². The molecule has 0 aromatic carbocycles. The first-order valence-corrected chi connectivity index (χ1v) is 8.51. The first kappa shape index (κ1) is 20.2. The number of fused-ring (bicyclic) bond motifs is 1. The predicted octanol–water partition coefficient (Wildman–Crippen LogP) is 1.81. The second kappa shape index (κ2) is 7.84. The van der Waals surface area contributed by atoms with Crippen molar-refractivity contribution in [1.82, 2.24) is 20.0 Å². The number of aryl methyl sites for hydroxylation is 1. The molecule has 0 bridgehead atoms. The molecule has 1 N–H and O–H groups in total. The van der Waals surface area contributed by atoms with Crippen molar-refractivity contribution in [1.29, 1.82) is 0 Å². The van der Waals surface area contributed by atoms with Gasteiger partial charge in [-0.3, -0.25) is 9.88 Å². The Morgan fingerprint density at radius 2 is 2.18 bits per heavy atom. The van der Waals surface area contributed by atoms with E-state index < -0.39 is 12.1 Å². The number of aliphatic carboxylic acids is 1. The van der Waals surface area contributed by atoms with Crippen molar-refractivity contribution in [3.8, 4) is 0 Å². The van der Waals surface area contributed by atoms with E-state index in [0.29, 0.717) is 18.3 Å². The van der Waals surface area contributed by atoms with E-state index in [1.165, 1.54) is 0 Å². The molecule has 2 aliphatic heterocycles. The quantitative estimate of drug-likeness (QED) is 0.832. The molecule has 0 saturated carbocycles. The third-order valence-corrected chi connectivity index (χ3v) is 4.75. The lowest BCUT2D eigenvalue weighted by Crippen LogP contribution is -2.35. The van der Waals surface area contributed by atoms with Gasteiger partial charge in [0.2, 0.25) is 5.89 Å². The monoisotopic (exact) mass is 400 g/mol. The standard InChI is InChI=1S/C15H18N4O2.C2HF3O2/c1-11-17-14(21-18-11)15-9-19(6-12(15)8-20-10-15)7-13-4-2-3-5-16-13;3-2(4,5)1(6)7/h2-5,12H,6-10H2,1H3;(H,6,7)/t12-,15-;/m1./s1. The molecule has 0 amide bonds. The third kappa shape index (κ3) is 4.30. The summed E-state index contributed by atoms with van der Waals surface area (Å²) in [5.74, 6) is -0.923. The summed E-state index contributed by atoms with van der Waals surface area (Å²) in [4.78, 5) is 20.2. The van der Waals surface area contributed by atoms with E-state index in [1.807, 2.05) is 25.3 Å². The van der Waals surface area contributed by atoms with Crippen molar-refractivity contribution in [2.75, 3.05) is 26.3 Å². The van der Waals surface area contributed by atoms with E-state index in [9.17, 15) is 13.2 Å². The molecule has 2 aliphatic rings. The second-order valence-electron chi connectivity index (χ2n) is 6.81. The minimum atomic E-state index is -5.08. The van der Waals surface area contributed by atoms with Crippen LogP contribution in [0.5, 0.6) is 0 Å². The highest BCUT2D eigenvalue weighted by molar-refractivity contribution is 5.73. The smallest absolute Gasteiger partial charge is 0.475 e. The third-order valence-electron chi connectivity index (χ3n) is 4.75. The molecular weight excluding hydrogens is 381 g/mol. The maximum absolute atomic E-state index is 10.6. The molecule has 0 unspecified atom stereocenters. The average Bonchev–Trinajstić information content (AvgIpc) is 3.30. The van der Waals surface area contributed by atoms with Gasteiger partial charge in [0.1, 0.15) is 0 Å². The number of likely N-dealkylation sites (tertiary alicyclic amines) is 1. The van der Waals surface area contributed by atoms with Crippen LogP contribution in [0.15, 0.2) is 28.9 Å². The van der Waals surface area contributed by atoms with Gasteiger partial charge >= 0.3 is 12.1 Å². The number of aromatic nitrogens is 3. The summed E-state index contributed by atoms with van der Waals surface area (Å²) in [6, 6.07) is 6.03. The number of carboxylic acid groups (broad SMARTS) is 1. The van der Waals surface area contributed by atoms with E-state index in [0.717, 1.165) is 37.8 Å². The van der Waals surface area contributed by atoms with Crippen LogP contribution >= 0.6 is 0 Å². The van der Waals surface area contributed by atoms with Gasteiger partial charge in [0.05, 0.1) is 24.3 Å². The number of rotatable bonds is 3. The van der Waals surface area contributed by atoms with Crippen molar-refractivity contribution in [3.05, 3.63) is 41.8 Å². The van der Waals surface area contributed by atoms with Crippen molar-refractivity contribution in [2.24, 2.45) is 5.92 Å². The van der Waals surface area contributed by atoms with E-state index in [-0.39, 0.29) is 5.41 Å². The Morgan fingerprint density at radius 3 is 2.75 bits per heavy atom. The van der Waals surface area contributed by atoms with Gasteiger partial charge in [0.25, 0.3) is 0 Å². The number of nitrogens with zero attached hydrogens (tertiary/aromatic N) is 4. The van der Waals surface area contributed by atoms with Crippen LogP contribution in [0.4, 0.5) is 13.2 Å². The molecule has 0 radical (unpaired) electrons. The summed E-state index contributed by atoms with van der Waals surface area (Å²) in [5.41, 5.74) is 0.950. The topological polar surface area (TPSA) is 102 Å². The minimum absolute atomic E-state index is 0.143. The Balaban J connectivity index is 0.000000279. The molecule has 2 saturated heterocycles. The molecule has 0 aliphatic carbocycles. The molecule has 11 heteroatoms. The lowest BCUT2D eigenvalue weighted by atomic mass is 9.81. The van der Waals surface area contributed by atoms with Crippen LogP contribution in [-0.2, 0) is 21.5 Å². The highest BCUT2D eigenvalue weighted by atomic mass is 19.4. The van der Waals surface area contributed by atoms with Crippen LogP contribution < -0.4 is 0 Å². The van der Waals surface area contributed by atoms with Crippen LogP contribution in [0.3, 0.4) is 0 Å². The first-order valence-electron chi connectivity index (χ1n) is 8.51. The molecule has 4 heterocycles. The van der Waals surface area contributed by atoms with Crippen LogP contribution in [0.1, 0.15) is 17.4 Å². The summed E-state index contributed by atoms with van der Waals surface area (Å²) in [5, 5.41) is 11.1. The molecule has 2 fully saturated rings. The minimum Gasteiger partial charge on any atom is -0.475 e. The van der Waals surface area contributed by atoms with Gasteiger partial charge in [-0.1, -0.05) is 11.2 Å². The average molecular weight is 400 g/mol. The Morgan fingerprint density at radius 1 is 1.43 bits per heavy atom.